The summed E-state index contributed by atoms with van der Waals surface area (Å²) in [6.45, 7) is 0.940. The smallest absolute Gasteiger partial charge is 0.542 e. The molecule has 0 saturated heterocycles. The zero-order chi connectivity index (χ0) is 13.3. The van der Waals surface area contributed by atoms with Crippen molar-refractivity contribution in [1.29, 1.82) is 0 Å². The van der Waals surface area contributed by atoms with E-state index in [9.17, 15) is 34.2 Å². The quantitative estimate of drug-likeness (QED) is 0.399. The van der Waals surface area contributed by atoms with Crippen molar-refractivity contribution >= 4 is 75.0 Å². The van der Waals surface area contributed by atoms with Crippen LogP contribution in [0.3, 0.4) is 0 Å². The van der Waals surface area contributed by atoms with Crippen LogP contribution in [0.15, 0.2) is 0 Å². The van der Waals surface area contributed by atoms with Crippen LogP contribution >= 0.6 is 0 Å². The van der Waals surface area contributed by atoms with Gasteiger partial charge in [-0.15, -0.1) is 0 Å². The molecule has 0 spiro atoms. The maximum atomic E-state index is 10.1. The summed E-state index contributed by atoms with van der Waals surface area (Å²) in [7, 11) is 0. The molecule has 0 aromatic rings. The van der Waals surface area contributed by atoms with E-state index in [-0.39, 0.29) is 45.5 Å². The van der Waals surface area contributed by atoms with Gasteiger partial charge in [0.15, 0.2) is 11.6 Å². The van der Waals surface area contributed by atoms with Crippen molar-refractivity contribution < 1.29 is 39.3 Å². The number of carbonyl (C=O) groups is 5. The van der Waals surface area contributed by atoms with Crippen LogP contribution in [0, 0.1) is 0 Å². The third kappa shape index (κ3) is 17.8. The first-order valence-electron chi connectivity index (χ1n) is 3.86. The normalized spacial score (nSPS) is 7.82. The van der Waals surface area contributed by atoms with Crippen molar-refractivity contribution in [3.05, 3.63) is 0 Å². The third-order valence-electron chi connectivity index (χ3n) is 1.08. The Hall–Kier alpha value is -0.769. The Labute approximate surface area is 133 Å². The van der Waals surface area contributed by atoms with Crippen LogP contribution in [0.5, 0.6) is 0 Å². The summed E-state index contributed by atoms with van der Waals surface area (Å²) in [5.41, 5.74) is 0. The summed E-state index contributed by atoms with van der Waals surface area (Å²) in [5.74, 6) is -6.77. The second kappa shape index (κ2) is 11.7. The van der Waals surface area contributed by atoms with Crippen molar-refractivity contribution in [3.63, 3.8) is 0 Å². The van der Waals surface area contributed by atoms with E-state index < -0.39 is 42.3 Å². The molecule has 0 bridgehead atoms. The van der Waals surface area contributed by atoms with Gasteiger partial charge < -0.3 is 24.9 Å². The number of Topliss-reactive ketones (excluding diaryl/α,β-unsaturated/α-hetero) is 2. The predicted octanol–water partition coefficient (Wildman–Crippen LogP) is -3.89. The van der Waals surface area contributed by atoms with Gasteiger partial charge in [0.25, 0.3) is 0 Å². The maximum Gasteiger partial charge on any atom is 2.00 e. The van der Waals surface area contributed by atoms with E-state index in [1.54, 1.807) is 0 Å². The van der Waals surface area contributed by atoms with Crippen LogP contribution < -0.4 is 10.2 Å². The van der Waals surface area contributed by atoms with Gasteiger partial charge in [0.1, 0.15) is 11.9 Å². The molecule has 1 N–H and O–H groups in total. The summed E-state index contributed by atoms with van der Waals surface area (Å²) >= 11 is 0. The largest absolute Gasteiger partial charge is 2.00 e. The fraction of sp³-hybridized carbons (Fsp3) is 0.375. The summed E-state index contributed by atoms with van der Waals surface area (Å²) in [6.07, 6.45) is -0.968. The molecule has 9 heteroatoms. The molecular formula is C8H8O8Sr. The summed E-state index contributed by atoms with van der Waals surface area (Å²) in [5, 5.41) is 26.9. The molecule has 0 aliphatic carbocycles. The van der Waals surface area contributed by atoms with Crippen LogP contribution in [0.25, 0.3) is 0 Å². The van der Waals surface area contributed by atoms with Crippen LogP contribution in [0.2, 0.25) is 0 Å². The van der Waals surface area contributed by atoms with Gasteiger partial charge in [-0.1, -0.05) is 0 Å². The van der Waals surface area contributed by atoms with E-state index in [0.717, 1.165) is 6.92 Å². The molecule has 17 heavy (non-hydrogen) atoms. The fourth-order valence-electron chi connectivity index (χ4n) is 0.323. The van der Waals surface area contributed by atoms with E-state index in [4.69, 9.17) is 5.11 Å². The van der Waals surface area contributed by atoms with Crippen LogP contribution in [0.1, 0.15) is 19.8 Å². The molecule has 0 saturated carbocycles. The zero-order valence-electron chi connectivity index (χ0n) is 8.93. The number of carbonyl (C=O) groups excluding carboxylic acids is 4. The molecule has 0 amide bonds. The first kappa shape index (κ1) is 21.5. The van der Waals surface area contributed by atoms with Crippen molar-refractivity contribution in [1.82, 2.24) is 0 Å². The van der Waals surface area contributed by atoms with Gasteiger partial charge in [-0.3, -0.25) is 14.4 Å². The molecule has 0 aliphatic heterocycles. The molecule has 0 aromatic heterocycles. The van der Waals surface area contributed by atoms with E-state index in [1.165, 1.54) is 0 Å². The summed E-state index contributed by atoms with van der Waals surface area (Å²) in [6, 6.07) is 0. The Kier molecular flexibility index (Phi) is 14.8. The molecule has 0 fully saturated rings. The number of hydrogen-bond acceptors (Lipinski definition) is 7. The minimum absolute atomic E-state index is 0. The molecule has 0 aliphatic rings. The average Bonchev–Trinajstić information content (AvgIpc) is 2.14. The fourth-order valence-corrected chi connectivity index (χ4v) is 0.323. The molecule has 0 radical (unpaired) electrons. The minimum Gasteiger partial charge on any atom is -0.542 e. The van der Waals surface area contributed by atoms with Gasteiger partial charge in [0.05, 0.1) is 6.42 Å². The SMILES string of the molecule is CC(=O)C(=O)[O-].O=C(O)CCC(=O)C(=O)[O-].[Sr+2]. The average molecular weight is 320 g/mol. The topological polar surface area (TPSA) is 152 Å². The van der Waals surface area contributed by atoms with Crippen LogP contribution in [0.4, 0.5) is 0 Å². The van der Waals surface area contributed by atoms with E-state index in [1.807, 2.05) is 0 Å². The molecular weight excluding hydrogens is 312 g/mol. The number of carboxylic acid groups (broad SMARTS) is 3. The van der Waals surface area contributed by atoms with Gasteiger partial charge in [-0.25, -0.2) is 0 Å². The van der Waals surface area contributed by atoms with Crippen LogP contribution in [-0.2, 0) is 24.0 Å². The Morgan fingerprint density at radius 1 is 0.941 bits per heavy atom. The van der Waals surface area contributed by atoms with Crippen molar-refractivity contribution in [2.75, 3.05) is 0 Å². The second-order valence-electron chi connectivity index (χ2n) is 2.45. The van der Waals surface area contributed by atoms with Crippen molar-refractivity contribution in [2.45, 2.75) is 19.8 Å². The molecule has 0 aromatic carbocycles. The zero-order valence-corrected chi connectivity index (χ0v) is 12.4. The van der Waals surface area contributed by atoms with E-state index >= 15 is 0 Å². The van der Waals surface area contributed by atoms with Gasteiger partial charge in [0, 0.05) is 13.3 Å². The number of hydrogen-bond donors (Lipinski definition) is 1. The third-order valence-corrected chi connectivity index (χ3v) is 1.08. The number of ketones is 2. The molecule has 8 nitrogen and oxygen atoms in total. The first-order valence-corrected chi connectivity index (χ1v) is 3.86. The number of carboxylic acids is 3. The standard InChI is InChI=1S/C5H6O5.C3H4O3.Sr/c6-3(5(9)10)1-2-4(7)8;1-2(4)3(5)6;/h1-2H2,(H,7,8)(H,9,10);1H3,(H,5,6);/q;;+2/p-2. The Balaban J connectivity index is -0.000000244. The second-order valence-corrected chi connectivity index (χ2v) is 2.45. The minimum atomic E-state index is -1.83. The Bertz CT molecular complexity index is 309. The van der Waals surface area contributed by atoms with Crippen molar-refractivity contribution in [3.8, 4) is 0 Å². The number of rotatable bonds is 5. The van der Waals surface area contributed by atoms with Crippen LogP contribution in [-0.4, -0.2) is 80.1 Å². The Morgan fingerprint density at radius 3 is 1.47 bits per heavy atom. The summed E-state index contributed by atoms with van der Waals surface area (Å²) < 4.78 is 0. The molecule has 0 atom stereocenters. The molecule has 0 heterocycles. The van der Waals surface area contributed by atoms with Gasteiger partial charge >= 0.3 is 51.5 Å². The molecule has 90 valence electrons. The first-order chi connectivity index (χ1) is 7.18. The van der Waals surface area contributed by atoms with Gasteiger partial charge in [-0.2, -0.15) is 0 Å². The van der Waals surface area contributed by atoms with Gasteiger partial charge in [0.2, 0.25) is 0 Å². The van der Waals surface area contributed by atoms with E-state index in [0.29, 0.717) is 0 Å². The number of aliphatic carboxylic acids is 3. The maximum absolute atomic E-state index is 10.1. The molecule has 0 unspecified atom stereocenters. The monoisotopic (exact) mass is 320 g/mol. The summed E-state index contributed by atoms with van der Waals surface area (Å²) in [4.78, 5) is 48.3. The predicted molar refractivity (Wildman–Crippen MR) is 48.3 cm³/mol. The molecule has 0 rings (SSSR count). The van der Waals surface area contributed by atoms with Gasteiger partial charge in [-0.05, 0) is 0 Å². The Morgan fingerprint density at radius 2 is 1.29 bits per heavy atom. The van der Waals surface area contributed by atoms with Crippen molar-refractivity contribution in [2.24, 2.45) is 0 Å². The van der Waals surface area contributed by atoms with E-state index in [2.05, 4.69) is 0 Å².